The highest BCUT2D eigenvalue weighted by molar-refractivity contribution is 5.52. The molecule has 0 aliphatic rings. The van der Waals surface area contributed by atoms with Gasteiger partial charge in [0.2, 0.25) is 0 Å². The van der Waals surface area contributed by atoms with Gasteiger partial charge in [-0.15, -0.1) is 0 Å². The number of halogens is 5. The molecule has 0 fully saturated rings. The number of hydrogen-bond donors (Lipinski definition) is 0. The largest absolute Gasteiger partial charge is 0.416 e. The molecule has 0 heterocycles. The number of hydrogen-bond acceptors (Lipinski definition) is 1. The summed E-state index contributed by atoms with van der Waals surface area (Å²) in [5.41, 5.74) is -1.97. The predicted octanol–water partition coefficient (Wildman–Crippen LogP) is 3.39. The third-order valence-corrected chi connectivity index (χ3v) is 1.95. The van der Waals surface area contributed by atoms with Crippen molar-refractivity contribution >= 4 is 6.29 Å². The van der Waals surface area contributed by atoms with Crippen LogP contribution in [0.15, 0.2) is 24.3 Å². The fraction of sp³-hybridized carbons (Fsp3) is 0.300. The van der Waals surface area contributed by atoms with Crippen LogP contribution in [-0.2, 0) is 16.9 Å². The summed E-state index contributed by atoms with van der Waals surface area (Å²) in [5, 5.41) is 0. The van der Waals surface area contributed by atoms with E-state index in [4.69, 9.17) is 0 Å². The minimum atomic E-state index is -4.67. The molecule has 0 aliphatic heterocycles. The Balaban J connectivity index is 3.12. The fourth-order valence-corrected chi connectivity index (χ4v) is 1.15. The Hall–Kier alpha value is -1.46. The summed E-state index contributed by atoms with van der Waals surface area (Å²) in [4.78, 5) is 9.97. The normalized spacial score (nSPS) is 12.6. The molecule has 0 aliphatic carbocycles. The van der Waals surface area contributed by atoms with E-state index >= 15 is 0 Å². The molecule has 0 bridgehead atoms. The van der Waals surface area contributed by atoms with Gasteiger partial charge in [-0.1, -0.05) is 12.1 Å². The Labute approximate surface area is 87.9 Å². The summed E-state index contributed by atoms with van der Waals surface area (Å²) in [6.07, 6.45) is -5.83. The van der Waals surface area contributed by atoms with Crippen LogP contribution in [0.2, 0.25) is 0 Å². The molecule has 1 rings (SSSR count). The summed E-state index contributed by atoms with van der Waals surface area (Å²) >= 11 is 0. The van der Waals surface area contributed by atoms with Crippen molar-refractivity contribution in [3.63, 3.8) is 0 Å². The van der Waals surface area contributed by atoms with E-state index in [0.29, 0.717) is 12.1 Å². The number of alkyl halides is 5. The molecule has 0 spiro atoms. The van der Waals surface area contributed by atoms with Crippen molar-refractivity contribution in [2.24, 2.45) is 0 Å². The summed E-state index contributed by atoms with van der Waals surface area (Å²) in [6.45, 7) is 0. The molecule has 1 aromatic rings. The van der Waals surface area contributed by atoms with E-state index in [1.54, 1.807) is 0 Å². The molecule has 0 saturated carbocycles. The van der Waals surface area contributed by atoms with Crippen molar-refractivity contribution in [1.82, 2.24) is 0 Å². The molecule has 0 radical (unpaired) electrons. The van der Waals surface area contributed by atoms with Crippen LogP contribution in [-0.4, -0.2) is 6.29 Å². The minimum Gasteiger partial charge on any atom is -0.303 e. The van der Waals surface area contributed by atoms with E-state index in [9.17, 15) is 26.7 Å². The Morgan fingerprint density at radius 3 is 2.12 bits per heavy atom. The van der Waals surface area contributed by atoms with Crippen molar-refractivity contribution in [3.05, 3.63) is 35.4 Å². The molecule has 16 heavy (non-hydrogen) atoms. The molecule has 1 aromatic carbocycles. The molecule has 0 amide bonds. The molecule has 0 aromatic heterocycles. The molecule has 0 saturated heterocycles. The number of carbonyl (C=O) groups is 1. The molecule has 1 nitrogen and oxygen atoms in total. The standard InChI is InChI=1S/C10H7F5O/c11-9(12,4-5-16)7-2-1-3-8(6-7)10(13,14)15/h1-3,5-6H,4H2. The molecule has 88 valence electrons. The first-order chi connectivity index (χ1) is 7.27. The van der Waals surface area contributed by atoms with Gasteiger partial charge in [-0.2, -0.15) is 13.2 Å². The molecule has 0 N–H and O–H groups in total. The van der Waals surface area contributed by atoms with E-state index in [-0.39, 0.29) is 6.29 Å². The van der Waals surface area contributed by atoms with Crippen molar-refractivity contribution in [3.8, 4) is 0 Å². The van der Waals surface area contributed by atoms with Crippen molar-refractivity contribution in [2.45, 2.75) is 18.5 Å². The smallest absolute Gasteiger partial charge is 0.303 e. The topological polar surface area (TPSA) is 17.1 Å². The average molecular weight is 238 g/mol. The van der Waals surface area contributed by atoms with Crippen LogP contribution in [0.25, 0.3) is 0 Å². The molecular weight excluding hydrogens is 231 g/mol. The maximum absolute atomic E-state index is 13.1. The lowest BCUT2D eigenvalue weighted by atomic mass is 10.0. The number of rotatable bonds is 3. The molecule has 0 unspecified atom stereocenters. The molecular formula is C10H7F5O. The van der Waals surface area contributed by atoms with Crippen LogP contribution in [0.5, 0.6) is 0 Å². The van der Waals surface area contributed by atoms with Gasteiger partial charge in [-0.25, -0.2) is 8.78 Å². The second-order valence-corrected chi connectivity index (χ2v) is 3.15. The molecule has 0 atom stereocenters. The lowest BCUT2D eigenvalue weighted by molar-refractivity contribution is -0.137. The second kappa shape index (κ2) is 4.19. The zero-order valence-electron chi connectivity index (χ0n) is 7.89. The second-order valence-electron chi connectivity index (χ2n) is 3.15. The minimum absolute atomic E-state index is 0.0275. The van der Waals surface area contributed by atoms with Crippen LogP contribution in [0.1, 0.15) is 17.5 Å². The van der Waals surface area contributed by atoms with E-state index in [2.05, 4.69) is 0 Å². The van der Waals surface area contributed by atoms with Crippen LogP contribution < -0.4 is 0 Å². The summed E-state index contributed by atoms with van der Waals surface area (Å²) in [6, 6.07) is 2.79. The third kappa shape index (κ3) is 2.77. The van der Waals surface area contributed by atoms with Gasteiger partial charge in [-0.3, -0.25) is 0 Å². The van der Waals surface area contributed by atoms with E-state index in [1.807, 2.05) is 0 Å². The SMILES string of the molecule is O=CCC(F)(F)c1cccc(C(F)(F)F)c1. The van der Waals surface area contributed by atoms with Gasteiger partial charge < -0.3 is 4.79 Å². The Bertz CT molecular complexity index is 383. The van der Waals surface area contributed by atoms with Gasteiger partial charge in [0.1, 0.15) is 6.29 Å². The lowest BCUT2D eigenvalue weighted by Crippen LogP contribution is -2.15. The molecule has 6 heteroatoms. The van der Waals surface area contributed by atoms with E-state index in [1.165, 1.54) is 0 Å². The van der Waals surface area contributed by atoms with Gasteiger partial charge in [0, 0.05) is 5.56 Å². The number of aldehydes is 1. The lowest BCUT2D eigenvalue weighted by Gasteiger charge is -2.15. The highest BCUT2D eigenvalue weighted by Gasteiger charge is 2.35. The zero-order chi connectivity index (χ0) is 12.4. The van der Waals surface area contributed by atoms with E-state index in [0.717, 1.165) is 12.1 Å². The predicted molar refractivity (Wildman–Crippen MR) is 46.0 cm³/mol. The van der Waals surface area contributed by atoms with Crippen LogP contribution >= 0.6 is 0 Å². The highest BCUT2D eigenvalue weighted by atomic mass is 19.4. The maximum atomic E-state index is 13.1. The number of benzene rings is 1. The number of carbonyl (C=O) groups excluding carboxylic acids is 1. The first kappa shape index (κ1) is 12.6. The highest BCUT2D eigenvalue weighted by Crippen LogP contribution is 2.35. The summed E-state index contributed by atoms with van der Waals surface area (Å²) in [5.74, 6) is -3.57. The van der Waals surface area contributed by atoms with Gasteiger partial charge in [0.25, 0.3) is 5.92 Å². The first-order valence-corrected chi connectivity index (χ1v) is 4.26. The first-order valence-electron chi connectivity index (χ1n) is 4.26. The van der Waals surface area contributed by atoms with Gasteiger partial charge in [0.15, 0.2) is 0 Å². The van der Waals surface area contributed by atoms with Gasteiger partial charge >= 0.3 is 6.18 Å². The summed E-state index contributed by atoms with van der Waals surface area (Å²) in [7, 11) is 0. The van der Waals surface area contributed by atoms with Gasteiger partial charge in [0.05, 0.1) is 12.0 Å². The van der Waals surface area contributed by atoms with Crippen LogP contribution in [0, 0.1) is 0 Å². The van der Waals surface area contributed by atoms with Crippen molar-refractivity contribution < 1.29 is 26.7 Å². The monoisotopic (exact) mass is 238 g/mol. The quantitative estimate of drug-likeness (QED) is 0.582. The van der Waals surface area contributed by atoms with Gasteiger partial charge in [-0.05, 0) is 12.1 Å². The maximum Gasteiger partial charge on any atom is 0.416 e. The van der Waals surface area contributed by atoms with E-state index < -0.39 is 29.6 Å². The Morgan fingerprint density at radius 1 is 1.06 bits per heavy atom. The fourth-order valence-electron chi connectivity index (χ4n) is 1.15. The summed E-state index contributed by atoms with van der Waals surface area (Å²) < 4.78 is 62.9. The Kier molecular flexibility index (Phi) is 3.30. The zero-order valence-corrected chi connectivity index (χ0v) is 7.89. The van der Waals surface area contributed by atoms with Crippen molar-refractivity contribution in [1.29, 1.82) is 0 Å². The van der Waals surface area contributed by atoms with Crippen LogP contribution in [0.4, 0.5) is 22.0 Å². The van der Waals surface area contributed by atoms with Crippen LogP contribution in [0.3, 0.4) is 0 Å². The third-order valence-electron chi connectivity index (χ3n) is 1.95. The Morgan fingerprint density at radius 2 is 1.62 bits per heavy atom. The van der Waals surface area contributed by atoms with Crippen molar-refractivity contribution in [2.75, 3.05) is 0 Å². The average Bonchev–Trinajstić information content (AvgIpc) is 2.16.